The van der Waals surface area contributed by atoms with Crippen molar-refractivity contribution in [1.82, 2.24) is 4.90 Å². The zero-order valence-electron chi connectivity index (χ0n) is 10.4. The van der Waals surface area contributed by atoms with E-state index in [0.717, 1.165) is 5.56 Å². The van der Waals surface area contributed by atoms with Crippen molar-refractivity contribution in [3.63, 3.8) is 0 Å². The van der Waals surface area contributed by atoms with Gasteiger partial charge in [-0.05, 0) is 18.1 Å². The van der Waals surface area contributed by atoms with Gasteiger partial charge in [0.15, 0.2) is 0 Å². The molecule has 100 valence electrons. The van der Waals surface area contributed by atoms with Crippen LogP contribution in [0.3, 0.4) is 0 Å². The summed E-state index contributed by atoms with van der Waals surface area (Å²) in [5, 5.41) is 8.81. The highest BCUT2D eigenvalue weighted by Gasteiger charge is 2.38. The molecule has 1 aromatic carbocycles. The second kappa shape index (κ2) is 6.04. The van der Waals surface area contributed by atoms with Crippen LogP contribution in [-0.2, 0) is 9.53 Å². The Kier molecular flexibility index (Phi) is 4.18. The molecule has 0 bridgehead atoms. The van der Waals surface area contributed by atoms with E-state index in [4.69, 9.17) is 9.84 Å². The number of hydrogen-bond donors (Lipinski definition) is 1. The normalized spacial score (nSPS) is 18.1. The van der Waals surface area contributed by atoms with E-state index in [0.29, 0.717) is 13.0 Å². The Morgan fingerprint density at radius 3 is 2.68 bits per heavy atom. The molecule has 0 aliphatic carbocycles. The van der Waals surface area contributed by atoms with Crippen LogP contribution in [0.4, 0.5) is 4.79 Å². The van der Waals surface area contributed by atoms with Gasteiger partial charge in [0.2, 0.25) is 0 Å². The quantitative estimate of drug-likeness (QED) is 0.900. The number of rotatable bonds is 4. The van der Waals surface area contributed by atoms with Crippen molar-refractivity contribution in [3.8, 4) is 0 Å². The summed E-state index contributed by atoms with van der Waals surface area (Å²) in [6.45, 7) is 0.578. The molecule has 0 aromatic heterocycles. The average molecular weight is 261 g/mol. The first-order valence-electron chi connectivity index (χ1n) is 6.06. The highest BCUT2D eigenvalue weighted by atomic mass is 16.6. The Labute approximate surface area is 111 Å². The van der Waals surface area contributed by atoms with E-state index in [-0.39, 0.29) is 6.61 Å². The number of amides is 1. The molecule has 1 atom stereocenters. The number of carboxylic acids is 1. The summed E-state index contributed by atoms with van der Waals surface area (Å²) >= 11 is 0. The fourth-order valence-electron chi connectivity index (χ4n) is 1.81. The van der Waals surface area contributed by atoms with Crippen molar-refractivity contribution in [2.45, 2.75) is 12.5 Å². The molecule has 1 unspecified atom stereocenters. The smallest absolute Gasteiger partial charge is 0.410 e. The van der Waals surface area contributed by atoms with Crippen molar-refractivity contribution in [2.24, 2.45) is 0 Å². The Hall–Kier alpha value is -2.30. The van der Waals surface area contributed by atoms with E-state index in [2.05, 4.69) is 0 Å². The minimum atomic E-state index is -0.983. The number of benzene rings is 1. The summed E-state index contributed by atoms with van der Waals surface area (Å²) in [6, 6.07) is 8.91. The molecular formula is C14H15NO4. The third kappa shape index (κ3) is 3.34. The van der Waals surface area contributed by atoms with Gasteiger partial charge in [0, 0.05) is 6.54 Å². The van der Waals surface area contributed by atoms with Crippen LogP contribution in [0, 0.1) is 0 Å². The number of likely N-dealkylation sites (tertiary alicyclic amines) is 1. The molecule has 0 radical (unpaired) electrons. The van der Waals surface area contributed by atoms with Gasteiger partial charge in [-0.25, -0.2) is 9.59 Å². The number of ether oxygens (including phenoxy) is 1. The molecule has 19 heavy (non-hydrogen) atoms. The maximum Gasteiger partial charge on any atom is 0.410 e. The van der Waals surface area contributed by atoms with Crippen molar-refractivity contribution in [1.29, 1.82) is 0 Å². The van der Waals surface area contributed by atoms with E-state index < -0.39 is 18.1 Å². The van der Waals surface area contributed by atoms with Gasteiger partial charge in [-0.2, -0.15) is 0 Å². The third-order valence-corrected chi connectivity index (χ3v) is 2.95. The SMILES string of the molecule is O=C(O)C1CCN1C(=O)OCC=Cc1ccccc1. The van der Waals surface area contributed by atoms with E-state index in [1.165, 1.54) is 4.90 Å². The van der Waals surface area contributed by atoms with E-state index >= 15 is 0 Å². The molecule has 1 amide bonds. The number of carboxylic acid groups (broad SMARTS) is 1. The Morgan fingerprint density at radius 1 is 1.37 bits per heavy atom. The predicted molar refractivity (Wildman–Crippen MR) is 69.6 cm³/mol. The maximum absolute atomic E-state index is 11.6. The number of aliphatic carboxylic acids is 1. The summed E-state index contributed by atoms with van der Waals surface area (Å²) in [6.07, 6.45) is 3.49. The predicted octanol–water partition coefficient (Wildman–Crippen LogP) is 2.00. The molecule has 1 saturated heterocycles. The summed E-state index contributed by atoms with van der Waals surface area (Å²) in [4.78, 5) is 23.5. The first-order chi connectivity index (χ1) is 9.18. The Balaban J connectivity index is 1.76. The molecule has 1 N–H and O–H groups in total. The van der Waals surface area contributed by atoms with Gasteiger partial charge >= 0.3 is 12.1 Å². The van der Waals surface area contributed by atoms with Crippen molar-refractivity contribution >= 4 is 18.1 Å². The standard InChI is InChI=1S/C14H15NO4/c16-13(17)12-8-9-15(12)14(18)19-10-4-7-11-5-2-1-3-6-11/h1-7,12H,8-10H2,(H,16,17). The lowest BCUT2D eigenvalue weighted by Crippen LogP contribution is -2.55. The fraction of sp³-hybridized carbons (Fsp3) is 0.286. The van der Waals surface area contributed by atoms with Crippen LogP contribution in [-0.4, -0.2) is 41.3 Å². The summed E-state index contributed by atoms with van der Waals surface area (Å²) < 4.78 is 4.98. The molecule has 1 fully saturated rings. The van der Waals surface area contributed by atoms with Gasteiger partial charge < -0.3 is 9.84 Å². The minimum absolute atomic E-state index is 0.135. The minimum Gasteiger partial charge on any atom is -0.480 e. The van der Waals surface area contributed by atoms with Crippen LogP contribution < -0.4 is 0 Å². The molecule has 1 heterocycles. The van der Waals surface area contributed by atoms with E-state index in [1.54, 1.807) is 6.08 Å². The molecule has 1 aromatic rings. The largest absolute Gasteiger partial charge is 0.480 e. The van der Waals surface area contributed by atoms with Gasteiger partial charge in [-0.3, -0.25) is 4.90 Å². The maximum atomic E-state index is 11.6. The lowest BCUT2D eigenvalue weighted by Gasteiger charge is -2.36. The topological polar surface area (TPSA) is 66.8 Å². The van der Waals surface area contributed by atoms with Gasteiger partial charge in [-0.1, -0.05) is 36.4 Å². The van der Waals surface area contributed by atoms with Crippen molar-refractivity contribution in [2.75, 3.05) is 13.2 Å². The van der Waals surface area contributed by atoms with E-state index in [9.17, 15) is 9.59 Å². The van der Waals surface area contributed by atoms with Crippen LogP contribution in [0.15, 0.2) is 36.4 Å². The first kappa shape index (κ1) is 13.1. The molecule has 0 spiro atoms. The van der Waals surface area contributed by atoms with Crippen molar-refractivity contribution in [3.05, 3.63) is 42.0 Å². The van der Waals surface area contributed by atoms with Gasteiger partial charge in [0.25, 0.3) is 0 Å². The molecule has 1 aliphatic heterocycles. The zero-order valence-corrected chi connectivity index (χ0v) is 10.4. The lowest BCUT2D eigenvalue weighted by molar-refractivity contribution is -0.146. The van der Waals surface area contributed by atoms with Gasteiger partial charge in [0.05, 0.1) is 0 Å². The number of carbonyl (C=O) groups is 2. The summed E-state index contributed by atoms with van der Waals surface area (Å²) in [5.41, 5.74) is 1.02. The summed E-state index contributed by atoms with van der Waals surface area (Å²) in [5.74, 6) is -0.983. The van der Waals surface area contributed by atoms with Crippen LogP contribution in [0.1, 0.15) is 12.0 Å². The van der Waals surface area contributed by atoms with Crippen LogP contribution in [0.2, 0.25) is 0 Å². The first-order valence-corrected chi connectivity index (χ1v) is 6.06. The molecule has 5 nitrogen and oxygen atoms in total. The monoisotopic (exact) mass is 261 g/mol. The fourth-order valence-corrected chi connectivity index (χ4v) is 1.81. The molecule has 5 heteroatoms. The van der Waals surface area contributed by atoms with Gasteiger partial charge in [-0.15, -0.1) is 0 Å². The highest BCUT2D eigenvalue weighted by molar-refractivity contribution is 5.81. The zero-order chi connectivity index (χ0) is 13.7. The second-order valence-electron chi connectivity index (χ2n) is 4.23. The Morgan fingerprint density at radius 2 is 2.11 bits per heavy atom. The molecule has 2 rings (SSSR count). The highest BCUT2D eigenvalue weighted by Crippen LogP contribution is 2.18. The average Bonchev–Trinajstić information content (AvgIpc) is 2.34. The number of nitrogens with zero attached hydrogens (tertiary/aromatic N) is 1. The van der Waals surface area contributed by atoms with Crippen LogP contribution in [0.25, 0.3) is 6.08 Å². The second-order valence-corrected chi connectivity index (χ2v) is 4.23. The number of carbonyl (C=O) groups excluding carboxylic acids is 1. The van der Waals surface area contributed by atoms with E-state index in [1.807, 2.05) is 36.4 Å². The number of hydrogen-bond acceptors (Lipinski definition) is 3. The lowest BCUT2D eigenvalue weighted by atomic mass is 10.1. The van der Waals surface area contributed by atoms with Crippen LogP contribution >= 0.6 is 0 Å². The molecular weight excluding hydrogens is 246 g/mol. The molecule has 0 saturated carbocycles. The van der Waals surface area contributed by atoms with Crippen LogP contribution in [0.5, 0.6) is 0 Å². The summed E-state index contributed by atoms with van der Waals surface area (Å²) in [7, 11) is 0. The molecule has 1 aliphatic rings. The van der Waals surface area contributed by atoms with Crippen molar-refractivity contribution < 1.29 is 19.4 Å². The van der Waals surface area contributed by atoms with Gasteiger partial charge in [0.1, 0.15) is 12.6 Å². The third-order valence-electron chi connectivity index (χ3n) is 2.95. The Bertz CT molecular complexity index is 483.